The molecular weight excluding hydrogens is 426 g/mol. The number of nitrogens with one attached hydrogen (secondary N) is 2. The normalized spacial score (nSPS) is 10.6. The smallest absolute Gasteiger partial charge is 0.255 e. The minimum absolute atomic E-state index is 0.0728. The first-order valence-electron chi connectivity index (χ1n) is 7.54. The van der Waals surface area contributed by atoms with E-state index in [2.05, 4.69) is 36.5 Å². The fourth-order valence-electron chi connectivity index (χ4n) is 2.19. The number of hydrogen-bond donors (Lipinski definition) is 2. The van der Waals surface area contributed by atoms with Crippen LogP contribution in [0.15, 0.2) is 45.8 Å². The Balaban J connectivity index is 1.66. The Bertz CT molecular complexity index is 935. The molecule has 3 rings (SSSR count). The minimum atomic E-state index is -0.949. The number of aromatic nitrogens is 2. The van der Waals surface area contributed by atoms with Crippen molar-refractivity contribution in [1.29, 1.82) is 0 Å². The molecule has 0 saturated carbocycles. The summed E-state index contributed by atoms with van der Waals surface area (Å²) in [6, 6.07) is 6.78. The van der Waals surface area contributed by atoms with E-state index in [4.69, 9.17) is 0 Å². The Morgan fingerprint density at radius 1 is 1.19 bits per heavy atom. The lowest BCUT2D eigenvalue weighted by molar-refractivity contribution is 0.0951. The molecule has 0 aliphatic rings. The maximum atomic E-state index is 13.2. The molecule has 1 aromatic carbocycles. The molecule has 0 aliphatic carbocycles. The molecule has 0 spiro atoms. The molecule has 0 fully saturated rings. The third-order valence-electron chi connectivity index (χ3n) is 3.45. The predicted molar refractivity (Wildman–Crippen MR) is 98.9 cm³/mol. The molecule has 0 atom stereocenters. The van der Waals surface area contributed by atoms with Crippen molar-refractivity contribution in [3.63, 3.8) is 0 Å². The fourth-order valence-corrected chi connectivity index (χ4v) is 3.24. The second kappa shape index (κ2) is 8.33. The first kappa shape index (κ1) is 18.4. The molecule has 1 amide bonds. The second-order valence-corrected chi connectivity index (χ2v) is 7.41. The Labute approximate surface area is 160 Å². The zero-order valence-corrected chi connectivity index (χ0v) is 15.7. The number of amides is 1. The summed E-state index contributed by atoms with van der Waals surface area (Å²) < 4.78 is 27.0. The molecule has 26 heavy (non-hydrogen) atoms. The lowest BCUT2D eigenvalue weighted by Crippen LogP contribution is -2.24. The van der Waals surface area contributed by atoms with Crippen LogP contribution in [0.2, 0.25) is 0 Å². The molecule has 0 saturated heterocycles. The molecular formula is C17H13BrF2N4OS. The van der Waals surface area contributed by atoms with Gasteiger partial charge in [-0.1, -0.05) is 6.07 Å². The van der Waals surface area contributed by atoms with Gasteiger partial charge in [0, 0.05) is 18.1 Å². The quantitative estimate of drug-likeness (QED) is 0.607. The molecule has 2 heterocycles. The van der Waals surface area contributed by atoms with Crippen LogP contribution in [-0.2, 0) is 13.1 Å². The third kappa shape index (κ3) is 4.61. The van der Waals surface area contributed by atoms with Crippen LogP contribution in [0.25, 0.3) is 0 Å². The number of nitrogens with zero attached hydrogens (tertiary/aromatic N) is 2. The summed E-state index contributed by atoms with van der Waals surface area (Å²) in [6.07, 6.45) is 1.57. The summed E-state index contributed by atoms with van der Waals surface area (Å²) in [5.74, 6) is -1.83. The van der Waals surface area contributed by atoms with Gasteiger partial charge in [-0.15, -0.1) is 11.3 Å². The predicted octanol–water partition coefficient (Wildman–Crippen LogP) is 4.12. The van der Waals surface area contributed by atoms with E-state index in [-0.39, 0.29) is 12.5 Å². The molecule has 2 aromatic heterocycles. The lowest BCUT2D eigenvalue weighted by Gasteiger charge is -2.10. The van der Waals surface area contributed by atoms with Crippen LogP contribution >= 0.6 is 27.3 Å². The van der Waals surface area contributed by atoms with E-state index in [1.54, 1.807) is 18.3 Å². The summed E-state index contributed by atoms with van der Waals surface area (Å²) in [5, 5.41) is 7.65. The van der Waals surface area contributed by atoms with Crippen molar-refractivity contribution in [3.05, 3.63) is 74.3 Å². The van der Waals surface area contributed by atoms with Gasteiger partial charge in [-0.25, -0.2) is 18.7 Å². The number of hydrogen-bond acceptors (Lipinski definition) is 5. The van der Waals surface area contributed by atoms with Crippen LogP contribution in [0.5, 0.6) is 0 Å². The van der Waals surface area contributed by atoms with Crippen LogP contribution in [-0.4, -0.2) is 15.9 Å². The molecule has 134 valence electrons. The van der Waals surface area contributed by atoms with Crippen molar-refractivity contribution in [2.45, 2.75) is 13.1 Å². The Morgan fingerprint density at radius 2 is 2.04 bits per heavy atom. The van der Waals surface area contributed by atoms with Crippen molar-refractivity contribution >= 4 is 39.0 Å². The summed E-state index contributed by atoms with van der Waals surface area (Å²) >= 11 is 4.76. The Morgan fingerprint density at radius 3 is 2.77 bits per heavy atom. The van der Waals surface area contributed by atoms with Crippen molar-refractivity contribution in [2.75, 3.05) is 5.32 Å². The Kier molecular flexibility index (Phi) is 5.89. The van der Waals surface area contributed by atoms with Crippen molar-refractivity contribution in [3.8, 4) is 0 Å². The molecule has 5 nitrogen and oxygen atoms in total. The van der Waals surface area contributed by atoms with Gasteiger partial charge >= 0.3 is 0 Å². The van der Waals surface area contributed by atoms with Crippen LogP contribution in [0.4, 0.5) is 14.6 Å². The monoisotopic (exact) mass is 438 g/mol. The number of carbonyl (C=O) groups excluding carboxylic acids is 1. The van der Waals surface area contributed by atoms with Crippen LogP contribution in [0.1, 0.15) is 21.6 Å². The summed E-state index contributed by atoms with van der Waals surface area (Å²) in [6.45, 7) is 0.492. The number of carbonyl (C=O) groups is 1. The average molecular weight is 439 g/mol. The zero-order chi connectivity index (χ0) is 18.5. The molecule has 0 radical (unpaired) electrons. The highest BCUT2D eigenvalue weighted by atomic mass is 79.9. The number of halogens is 3. The van der Waals surface area contributed by atoms with E-state index in [1.807, 2.05) is 5.38 Å². The van der Waals surface area contributed by atoms with Gasteiger partial charge in [0.1, 0.15) is 5.82 Å². The van der Waals surface area contributed by atoms with E-state index >= 15 is 0 Å². The van der Waals surface area contributed by atoms with Gasteiger partial charge in [0.05, 0.1) is 17.8 Å². The molecule has 2 N–H and O–H groups in total. The van der Waals surface area contributed by atoms with Gasteiger partial charge < -0.3 is 10.6 Å². The van der Waals surface area contributed by atoms with Crippen molar-refractivity contribution in [1.82, 2.24) is 15.3 Å². The highest BCUT2D eigenvalue weighted by Crippen LogP contribution is 2.18. The van der Waals surface area contributed by atoms with Gasteiger partial charge in [-0.3, -0.25) is 4.79 Å². The van der Waals surface area contributed by atoms with Crippen LogP contribution in [0.3, 0.4) is 0 Å². The molecule has 0 bridgehead atoms. The van der Waals surface area contributed by atoms with Crippen LogP contribution < -0.4 is 10.6 Å². The van der Waals surface area contributed by atoms with Gasteiger partial charge in [-0.05, 0) is 45.8 Å². The first-order chi connectivity index (χ1) is 12.5. The molecule has 9 heteroatoms. The van der Waals surface area contributed by atoms with E-state index in [0.717, 1.165) is 21.7 Å². The number of pyridine rings is 1. The standard InChI is InChI=1S/C17H13BrF2N4OS/c18-17-24-11(9-26-17)8-22-15-12(2-1-5-21-15)16(25)23-7-10-3-4-13(19)14(20)6-10/h1-6,9H,7-8H2,(H,21,22)(H,23,25). The molecule has 3 aromatic rings. The first-order valence-corrected chi connectivity index (χ1v) is 9.21. The zero-order valence-electron chi connectivity index (χ0n) is 13.3. The number of thiazole rings is 1. The third-order valence-corrected chi connectivity index (χ3v) is 4.86. The number of anilines is 1. The summed E-state index contributed by atoms with van der Waals surface area (Å²) in [5.41, 5.74) is 1.63. The highest BCUT2D eigenvalue weighted by Gasteiger charge is 2.13. The Hall–Kier alpha value is -2.39. The lowest BCUT2D eigenvalue weighted by atomic mass is 10.2. The summed E-state index contributed by atoms with van der Waals surface area (Å²) in [7, 11) is 0. The SMILES string of the molecule is O=C(NCc1ccc(F)c(F)c1)c1cccnc1NCc1csc(Br)n1. The second-order valence-electron chi connectivity index (χ2n) is 5.28. The van der Waals surface area contributed by atoms with E-state index in [0.29, 0.717) is 23.5 Å². The summed E-state index contributed by atoms with van der Waals surface area (Å²) in [4.78, 5) is 20.9. The van der Waals surface area contributed by atoms with Gasteiger partial charge in [0.25, 0.3) is 5.91 Å². The van der Waals surface area contributed by atoms with Gasteiger partial charge in [0.2, 0.25) is 0 Å². The van der Waals surface area contributed by atoms with Crippen LogP contribution in [0, 0.1) is 11.6 Å². The highest BCUT2D eigenvalue weighted by molar-refractivity contribution is 9.11. The van der Waals surface area contributed by atoms with Gasteiger partial charge in [-0.2, -0.15) is 0 Å². The van der Waals surface area contributed by atoms with E-state index < -0.39 is 11.6 Å². The van der Waals surface area contributed by atoms with Crippen molar-refractivity contribution in [2.24, 2.45) is 0 Å². The fraction of sp³-hybridized carbons (Fsp3) is 0.118. The van der Waals surface area contributed by atoms with Crippen molar-refractivity contribution < 1.29 is 13.6 Å². The molecule has 0 aliphatic heterocycles. The maximum absolute atomic E-state index is 13.2. The molecule has 0 unspecified atom stereocenters. The van der Waals surface area contributed by atoms with Gasteiger partial charge in [0.15, 0.2) is 15.6 Å². The minimum Gasteiger partial charge on any atom is -0.364 e. The average Bonchev–Trinajstić information content (AvgIpc) is 3.06. The topological polar surface area (TPSA) is 66.9 Å². The van der Waals surface area contributed by atoms with E-state index in [9.17, 15) is 13.6 Å². The number of benzene rings is 1. The maximum Gasteiger partial charge on any atom is 0.255 e. The number of rotatable bonds is 6. The largest absolute Gasteiger partial charge is 0.364 e. The van der Waals surface area contributed by atoms with E-state index in [1.165, 1.54) is 17.4 Å².